The van der Waals surface area contributed by atoms with Gasteiger partial charge in [0.15, 0.2) is 0 Å². The maximum Gasteiger partial charge on any atom is 0.305 e. The number of rotatable bonds is 6. The molecule has 0 aromatic heterocycles. The van der Waals surface area contributed by atoms with Gasteiger partial charge >= 0.3 is 5.97 Å². The van der Waals surface area contributed by atoms with E-state index in [4.69, 9.17) is 9.84 Å². The lowest BCUT2D eigenvalue weighted by Gasteiger charge is -2.22. The Morgan fingerprint density at radius 3 is 2.48 bits per heavy atom. The fourth-order valence-electron chi connectivity index (χ4n) is 3.37. The Hall–Kier alpha value is -2.41. The fraction of sp³-hybridized carbons (Fsp3) is 0.500. The third-order valence-electron chi connectivity index (χ3n) is 5.03. The molecule has 1 aromatic carbocycles. The topological polar surface area (TPSA) is 105 Å². The lowest BCUT2D eigenvalue weighted by molar-refractivity contribution is -0.136. The van der Waals surface area contributed by atoms with Gasteiger partial charge in [-0.25, -0.2) is 0 Å². The van der Waals surface area contributed by atoms with Gasteiger partial charge in [-0.3, -0.25) is 14.4 Å². The summed E-state index contributed by atoms with van der Waals surface area (Å²) in [6, 6.07) is 6.59. The monoisotopic (exact) mass is 346 g/mol. The standard InChI is InChI=1S/C18H22N2O5/c21-15(22)5-8-19-16(23)12-1-3-13(4-2-12)20-17(24)14-11-18(14)6-9-25-10-7-18/h1-4,14H,5-11H2,(H,19,23)(H,20,24)(H,21,22). The summed E-state index contributed by atoms with van der Waals surface area (Å²) in [7, 11) is 0. The molecule has 1 aromatic rings. The third-order valence-corrected chi connectivity index (χ3v) is 5.03. The number of carboxylic acids is 1. The van der Waals surface area contributed by atoms with Crippen LogP contribution in [0.15, 0.2) is 24.3 Å². The van der Waals surface area contributed by atoms with E-state index in [1.807, 2.05) is 0 Å². The number of hydrogen-bond donors (Lipinski definition) is 3. The molecule has 7 heteroatoms. The predicted octanol–water partition coefficient (Wildman–Crippen LogP) is 1.65. The zero-order valence-electron chi connectivity index (χ0n) is 13.9. The van der Waals surface area contributed by atoms with Crippen molar-refractivity contribution in [2.45, 2.75) is 25.7 Å². The molecule has 7 nitrogen and oxygen atoms in total. The van der Waals surface area contributed by atoms with Crippen molar-refractivity contribution in [3.63, 3.8) is 0 Å². The zero-order valence-corrected chi connectivity index (χ0v) is 13.9. The third kappa shape index (κ3) is 4.17. The van der Waals surface area contributed by atoms with Crippen LogP contribution in [0.4, 0.5) is 5.69 Å². The van der Waals surface area contributed by atoms with Gasteiger partial charge in [-0.1, -0.05) is 0 Å². The largest absolute Gasteiger partial charge is 0.481 e. The van der Waals surface area contributed by atoms with E-state index in [1.54, 1.807) is 24.3 Å². The average Bonchev–Trinajstić information content (AvgIpc) is 3.29. The molecule has 0 bridgehead atoms. The SMILES string of the molecule is O=C(O)CCNC(=O)c1ccc(NC(=O)C2CC23CCOCC3)cc1. The van der Waals surface area contributed by atoms with E-state index in [-0.39, 0.29) is 36.1 Å². The highest BCUT2D eigenvalue weighted by Crippen LogP contribution is 2.59. The number of benzene rings is 1. The number of anilines is 1. The number of carbonyl (C=O) groups excluding carboxylic acids is 2. The van der Waals surface area contributed by atoms with Gasteiger partial charge in [-0.2, -0.15) is 0 Å². The van der Waals surface area contributed by atoms with E-state index < -0.39 is 5.97 Å². The highest BCUT2D eigenvalue weighted by molar-refractivity contribution is 5.97. The summed E-state index contributed by atoms with van der Waals surface area (Å²) in [4.78, 5) is 34.7. The Kier molecular flexibility index (Phi) is 5.03. The summed E-state index contributed by atoms with van der Waals surface area (Å²) >= 11 is 0. The first-order valence-corrected chi connectivity index (χ1v) is 8.49. The smallest absolute Gasteiger partial charge is 0.305 e. The van der Waals surface area contributed by atoms with Crippen molar-refractivity contribution >= 4 is 23.5 Å². The number of hydrogen-bond acceptors (Lipinski definition) is 4. The summed E-state index contributed by atoms with van der Waals surface area (Å²) < 4.78 is 5.37. The molecule has 1 saturated heterocycles. The molecule has 1 unspecified atom stereocenters. The van der Waals surface area contributed by atoms with Crippen molar-refractivity contribution in [3.8, 4) is 0 Å². The van der Waals surface area contributed by atoms with Crippen LogP contribution in [-0.2, 0) is 14.3 Å². The van der Waals surface area contributed by atoms with Gasteiger partial charge in [0.1, 0.15) is 0 Å². The molecular formula is C18H22N2O5. The van der Waals surface area contributed by atoms with Gasteiger partial charge in [0.2, 0.25) is 5.91 Å². The summed E-state index contributed by atoms with van der Waals surface area (Å²) in [5.41, 5.74) is 1.21. The second-order valence-corrected chi connectivity index (χ2v) is 6.70. The molecule has 2 fully saturated rings. The van der Waals surface area contributed by atoms with E-state index in [0.29, 0.717) is 11.3 Å². The van der Waals surface area contributed by atoms with Crippen LogP contribution in [0.5, 0.6) is 0 Å². The van der Waals surface area contributed by atoms with Gasteiger partial charge in [-0.05, 0) is 48.9 Å². The van der Waals surface area contributed by atoms with E-state index in [9.17, 15) is 14.4 Å². The fourth-order valence-corrected chi connectivity index (χ4v) is 3.37. The molecule has 2 amide bonds. The molecule has 3 rings (SSSR count). The van der Waals surface area contributed by atoms with Crippen LogP contribution in [-0.4, -0.2) is 42.6 Å². The van der Waals surface area contributed by atoms with E-state index in [1.165, 1.54) is 0 Å². The van der Waals surface area contributed by atoms with Gasteiger partial charge in [0.25, 0.3) is 5.91 Å². The summed E-state index contributed by atoms with van der Waals surface area (Å²) in [6.45, 7) is 1.55. The number of carbonyl (C=O) groups is 3. The second kappa shape index (κ2) is 7.23. The van der Waals surface area contributed by atoms with Crippen LogP contribution < -0.4 is 10.6 Å². The normalized spacial score (nSPS) is 20.7. The second-order valence-electron chi connectivity index (χ2n) is 6.70. The molecule has 1 atom stereocenters. The number of carboxylic acid groups (broad SMARTS) is 1. The number of ether oxygens (including phenoxy) is 1. The highest BCUT2D eigenvalue weighted by Gasteiger charge is 2.57. The summed E-state index contributed by atoms with van der Waals surface area (Å²) in [6.07, 6.45) is 2.70. The Bertz CT molecular complexity index is 665. The first-order chi connectivity index (χ1) is 12.0. The van der Waals surface area contributed by atoms with E-state index in [0.717, 1.165) is 32.5 Å². The lowest BCUT2D eigenvalue weighted by atomic mass is 9.93. The van der Waals surface area contributed by atoms with Crippen LogP contribution in [0.3, 0.4) is 0 Å². The van der Waals surface area contributed by atoms with Crippen LogP contribution in [0.1, 0.15) is 36.0 Å². The molecular weight excluding hydrogens is 324 g/mol. The first kappa shape index (κ1) is 17.4. The molecule has 1 spiro atoms. The Balaban J connectivity index is 1.50. The molecule has 1 aliphatic carbocycles. The Morgan fingerprint density at radius 1 is 1.16 bits per heavy atom. The van der Waals surface area contributed by atoms with Gasteiger partial charge in [0, 0.05) is 36.9 Å². The molecule has 134 valence electrons. The predicted molar refractivity (Wildman–Crippen MR) is 90.3 cm³/mol. The van der Waals surface area contributed by atoms with Crippen LogP contribution >= 0.6 is 0 Å². The lowest BCUT2D eigenvalue weighted by Crippen LogP contribution is -2.26. The van der Waals surface area contributed by atoms with Gasteiger partial charge in [0.05, 0.1) is 6.42 Å². The quantitative estimate of drug-likeness (QED) is 0.726. The van der Waals surface area contributed by atoms with Crippen molar-refractivity contribution in [3.05, 3.63) is 29.8 Å². The first-order valence-electron chi connectivity index (χ1n) is 8.49. The maximum atomic E-state index is 12.4. The molecule has 25 heavy (non-hydrogen) atoms. The highest BCUT2D eigenvalue weighted by atomic mass is 16.5. The van der Waals surface area contributed by atoms with Gasteiger partial charge in [-0.15, -0.1) is 0 Å². The van der Waals surface area contributed by atoms with Crippen molar-refractivity contribution in [1.82, 2.24) is 5.32 Å². The van der Waals surface area contributed by atoms with Crippen LogP contribution in [0, 0.1) is 11.3 Å². The van der Waals surface area contributed by atoms with E-state index in [2.05, 4.69) is 10.6 Å². The summed E-state index contributed by atoms with van der Waals surface area (Å²) in [5.74, 6) is -1.21. The Labute approximate surface area is 145 Å². The molecule has 1 heterocycles. The van der Waals surface area contributed by atoms with Gasteiger partial charge < -0.3 is 20.5 Å². The van der Waals surface area contributed by atoms with Crippen molar-refractivity contribution < 1.29 is 24.2 Å². The molecule has 1 aliphatic heterocycles. The maximum absolute atomic E-state index is 12.4. The minimum atomic E-state index is -0.958. The minimum Gasteiger partial charge on any atom is -0.481 e. The molecule has 2 aliphatic rings. The van der Waals surface area contributed by atoms with Crippen molar-refractivity contribution in [2.75, 3.05) is 25.1 Å². The van der Waals surface area contributed by atoms with Crippen LogP contribution in [0.2, 0.25) is 0 Å². The molecule has 0 radical (unpaired) electrons. The Morgan fingerprint density at radius 2 is 1.84 bits per heavy atom. The molecule has 3 N–H and O–H groups in total. The summed E-state index contributed by atoms with van der Waals surface area (Å²) in [5, 5.41) is 14.0. The van der Waals surface area contributed by atoms with Crippen molar-refractivity contribution in [2.24, 2.45) is 11.3 Å². The number of amides is 2. The number of aliphatic carboxylic acids is 1. The number of nitrogens with one attached hydrogen (secondary N) is 2. The van der Waals surface area contributed by atoms with Crippen LogP contribution in [0.25, 0.3) is 0 Å². The average molecular weight is 346 g/mol. The minimum absolute atomic E-state index is 0.0283. The zero-order chi connectivity index (χ0) is 17.9. The molecule has 1 saturated carbocycles. The van der Waals surface area contributed by atoms with Crippen molar-refractivity contribution in [1.29, 1.82) is 0 Å². The van der Waals surface area contributed by atoms with E-state index >= 15 is 0 Å².